The first-order chi connectivity index (χ1) is 25.1. The lowest BCUT2D eigenvalue weighted by molar-refractivity contribution is -0.207. The van der Waals surface area contributed by atoms with E-state index in [-0.39, 0.29) is 72.9 Å². The summed E-state index contributed by atoms with van der Waals surface area (Å²) in [5.74, 6) is 1.13. The highest BCUT2D eigenvalue weighted by Crippen LogP contribution is 2.77. The molecule has 0 radical (unpaired) electrons. The quantitative estimate of drug-likeness (QED) is 0.130. The molecule has 8 fully saturated rings. The molecule has 304 valence electrons. The van der Waals surface area contributed by atoms with E-state index in [0.717, 1.165) is 83.6 Å². The van der Waals surface area contributed by atoms with E-state index in [9.17, 15) is 28.8 Å². The Morgan fingerprint density at radius 3 is 0.907 bits per heavy atom. The number of amides is 2. The maximum absolute atomic E-state index is 11.8. The minimum atomic E-state index is 0.0168. The molecule has 2 amide bonds. The fourth-order valence-electron chi connectivity index (χ4n) is 15.5. The molecule has 54 heavy (non-hydrogen) atoms. The van der Waals surface area contributed by atoms with Crippen molar-refractivity contribution < 1.29 is 28.8 Å². The van der Waals surface area contributed by atoms with E-state index in [2.05, 4.69) is 17.6 Å². The van der Waals surface area contributed by atoms with Gasteiger partial charge in [-0.2, -0.15) is 0 Å². The molecule has 9 heteroatoms. The third-order valence-electron chi connectivity index (χ3n) is 15.6. The van der Waals surface area contributed by atoms with Gasteiger partial charge in [0, 0.05) is 52.6 Å². The first-order valence-corrected chi connectivity index (χ1v) is 21.3. The molecule has 8 saturated carbocycles. The van der Waals surface area contributed by atoms with Gasteiger partial charge >= 0.3 is 0 Å². The zero-order valence-electron chi connectivity index (χ0n) is 35.0. The Morgan fingerprint density at radius 2 is 0.648 bits per heavy atom. The van der Waals surface area contributed by atoms with Crippen molar-refractivity contribution in [3.05, 3.63) is 0 Å². The van der Waals surface area contributed by atoms with Crippen LogP contribution in [0.5, 0.6) is 0 Å². The van der Waals surface area contributed by atoms with Crippen molar-refractivity contribution in [2.75, 3.05) is 19.6 Å². The Balaban J connectivity index is 0.000000208. The van der Waals surface area contributed by atoms with Gasteiger partial charge in [0.25, 0.3) is 0 Å². The summed E-state index contributed by atoms with van der Waals surface area (Å²) in [6.07, 6.45) is 21.2. The number of hydrogen-bond donors (Lipinski definition) is 3. The van der Waals surface area contributed by atoms with E-state index in [4.69, 9.17) is 5.73 Å². The average molecular weight is 752 g/mol. The van der Waals surface area contributed by atoms with E-state index in [1.807, 2.05) is 0 Å². The molecule has 8 aliphatic carbocycles. The molecule has 0 aliphatic heterocycles. The molecule has 0 aromatic rings. The standard InChI is InChI=1S/C23H37NO3.C22H36N2O3/c1-5-20-10-21(8-6-17(2)25)13-22(11-20,9-7-18(3)26)15-23(12-20,14-21)16-24-19(4)27;1-16(25)4-6-19-8-20(7-5-17(2)26)10-21(9-19,14-23)13-22(11-19,12-20)15-24-18(3)27/h5-16H2,1-4H3,(H,24,27);4-15,23H2,1-3H3,(H,24,27)/t20?,21-,22+,23?;19-,20+,21?,22?. The molecule has 8 bridgehead atoms. The molecule has 0 aromatic heterocycles. The number of hydrogen-bond acceptors (Lipinski definition) is 7. The summed E-state index contributed by atoms with van der Waals surface area (Å²) in [5, 5.41) is 6.23. The van der Waals surface area contributed by atoms with Crippen molar-refractivity contribution in [1.82, 2.24) is 10.6 Å². The Kier molecular flexibility index (Phi) is 12.3. The van der Waals surface area contributed by atoms with Crippen LogP contribution in [0, 0.1) is 43.3 Å². The maximum atomic E-state index is 11.8. The molecule has 0 saturated heterocycles. The predicted molar refractivity (Wildman–Crippen MR) is 211 cm³/mol. The predicted octanol–water partition coefficient (Wildman–Crippen LogP) is 7.74. The molecule has 4 unspecified atom stereocenters. The summed E-state index contributed by atoms with van der Waals surface area (Å²) in [4.78, 5) is 70.4. The maximum Gasteiger partial charge on any atom is 0.216 e. The highest BCUT2D eigenvalue weighted by Gasteiger charge is 2.68. The van der Waals surface area contributed by atoms with Crippen molar-refractivity contribution >= 4 is 34.9 Å². The van der Waals surface area contributed by atoms with Crippen molar-refractivity contribution in [3.8, 4) is 0 Å². The fraction of sp³-hybridized carbons (Fsp3) is 0.867. The minimum absolute atomic E-state index is 0.0168. The van der Waals surface area contributed by atoms with Gasteiger partial charge in [-0.3, -0.25) is 9.59 Å². The summed E-state index contributed by atoms with van der Waals surface area (Å²) in [7, 11) is 0. The van der Waals surface area contributed by atoms with Crippen LogP contribution in [0.1, 0.15) is 183 Å². The van der Waals surface area contributed by atoms with Gasteiger partial charge in [-0.25, -0.2) is 0 Å². The number of Topliss-reactive ketones (excluding diaryl/α,β-unsaturated/α-hetero) is 4. The number of nitrogens with two attached hydrogens (primary N) is 1. The fourth-order valence-corrected chi connectivity index (χ4v) is 15.5. The first kappa shape index (κ1) is 42.7. The molecule has 9 nitrogen and oxygen atoms in total. The highest BCUT2D eigenvalue weighted by atomic mass is 16.2. The SMILES string of the molecule is CC(=O)CC[C@]12CC3(CN)CC(CNC(C)=O)(C1)C[C@@](CCC(C)=O)(C3)C2.CCC12CC3(CNC(C)=O)C[C@](CCC(C)=O)(C1)C[C@](CCC(C)=O)(C2)C3. The Morgan fingerprint density at radius 1 is 0.407 bits per heavy atom. The average Bonchev–Trinajstić information content (AvgIpc) is 3.06. The van der Waals surface area contributed by atoms with Crippen molar-refractivity contribution in [2.45, 2.75) is 183 Å². The van der Waals surface area contributed by atoms with Crippen LogP contribution >= 0.6 is 0 Å². The molecule has 0 heterocycles. The largest absolute Gasteiger partial charge is 0.356 e. The van der Waals surface area contributed by atoms with Gasteiger partial charge in [0.15, 0.2) is 0 Å². The van der Waals surface area contributed by atoms with Crippen LogP contribution in [0.25, 0.3) is 0 Å². The van der Waals surface area contributed by atoms with E-state index >= 15 is 0 Å². The van der Waals surface area contributed by atoms with Crippen LogP contribution < -0.4 is 16.4 Å². The second-order valence-corrected chi connectivity index (χ2v) is 21.3. The van der Waals surface area contributed by atoms with Gasteiger partial charge in [-0.1, -0.05) is 13.3 Å². The normalized spacial score (nSPS) is 39.4. The van der Waals surface area contributed by atoms with E-state index in [0.29, 0.717) is 44.2 Å². The molecule has 8 aliphatic rings. The summed E-state index contributed by atoms with van der Waals surface area (Å²) in [5.41, 5.74) is 7.67. The Labute approximate surface area is 325 Å². The van der Waals surface area contributed by atoms with Crippen molar-refractivity contribution in [2.24, 2.45) is 49.1 Å². The summed E-state index contributed by atoms with van der Waals surface area (Å²) < 4.78 is 0. The highest BCUT2D eigenvalue weighted by molar-refractivity contribution is 5.77. The van der Waals surface area contributed by atoms with E-state index < -0.39 is 0 Å². The third-order valence-corrected chi connectivity index (χ3v) is 15.6. The second kappa shape index (κ2) is 15.5. The van der Waals surface area contributed by atoms with Gasteiger partial charge < -0.3 is 35.5 Å². The van der Waals surface area contributed by atoms with Gasteiger partial charge in [-0.05, 0) is 180 Å². The monoisotopic (exact) mass is 752 g/mol. The molecule has 4 N–H and O–H groups in total. The van der Waals surface area contributed by atoms with Crippen LogP contribution in [-0.4, -0.2) is 54.6 Å². The van der Waals surface area contributed by atoms with Gasteiger partial charge in [0.05, 0.1) is 0 Å². The number of rotatable bonds is 18. The van der Waals surface area contributed by atoms with Crippen LogP contribution in [-0.2, 0) is 28.8 Å². The van der Waals surface area contributed by atoms with Crippen LogP contribution in [0.15, 0.2) is 0 Å². The Hall–Kier alpha value is -2.42. The summed E-state index contributed by atoms with van der Waals surface area (Å²) in [6.45, 7) is 14.4. The first-order valence-electron chi connectivity index (χ1n) is 21.3. The molecule has 8 rings (SSSR count). The van der Waals surface area contributed by atoms with Gasteiger partial charge in [0.1, 0.15) is 23.1 Å². The molecular formula is C45H73N3O6. The zero-order valence-corrected chi connectivity index (χ0v) is 35.0. The molecule has 0 spiro atoms. The van der Waals surface area contributed by atoms with Crippen LogP contribution in [0.4, 0.5) is 0 Å². The summed E-state index contributed by atoms with van der Waals surface area (Å²) >= 11 is 0. The smallest absolute Gasteiger partial charge is 0.216 e. The molecule has 0 aromatic carbocycles. The Bertz CT molecular complexity index is 1210. The topological polar surface area (TPSA) is 152 Å². The van der Waals surface area contributed by atoms with Gasteiger partial charge in [-0.15, -0.1) is 0 Å². The third kappa shape index (κ3) is 9.40. The number of ketones is 4. The minimum Gasteiger partial charge on any atom is -0.356 e. The zero-order chi connectivity index (χ0) is 39.8. The lowest BCUT2D eigenvalue weighted by atomic mass is 9.34. The number of carbonyl (C=O) groups excluding carboxylic acids is 6. The lowest BCUT2D eigenvalue weighted by Crippen LogP contribution is -2.65. The second-order valence-electron chi connectivity index (χ2n) is 21.3. The summed E-state index contributed by atoms with van der Waals surface area (Å²) in [6, 6.07) is 0. The van der Waals surface area contributed by atoms with Gasteiger partial charge in [0.2, 0.25) is 11.8 Å². The van der Waals surface area contributed by atoms with Crippen LogP contribution in [0.3, 0.4) is 0 Å². The molecular weight excluding hydrogens is 679 g/mol. The molecule has 8 atom stereocenters. The number of carbonyl (C=O) groups is 6. The van der Waals surface area contributed by atoms with E-state index in [1.165, 1.54) is 32.1 Å². The number of nitrogens with one attached hydrogen (secondary N) is 2. The van der Waals surface area contributed by atoms with Crippen molar-refractivity contribution in [3.63, 3.8) is 0 Å². The van der Waals surface area contributed by atoms with Crippen LogP contribution in [0.2, 0.25) is 0 Å². The van der Waals surface area contributed by atoms with E-state index in [1.54, 1.807) is 41.5 Å². The van der Waals surface area contributed by atoms with Crippen molar-refractivity contribution in [1.29, 1.82) is 0 Å². The lowest BCUT2D eigenvalue weighted by Gasteiger charge is -2.71.